The highest BCUT2D eigenvalue weighted by atomic mass is 16.7. The van der Waals surface area contributed by atoms with Crippen LogP contribution in [-0.4, -0.2) is 31.9 Å². The fourth-order valence-corrected chi connectivity index (χ4v) is 2.85. The van der Waals surface area contributed by atoms with Gasteiger partial charge in [-0.15, -0.1) is 0 Å². The second-order valence-electron chi connectivity index (χ2n) is 7.18. The van der Waals surface area contributed by atoms with E-state index in [0.29, 0.717) is 16.9 Å². The molecule has 0 amide bonds. The van der Waals surface area contributed by atoms with Crippen LogP contribution in [0.3, 0.4) is 0 Å². The lowest BCUT2D eigenvalue weighted by molar-refractivity contribution is -0.176. The molecule has 2 aromatic rings. The minimum Gasteiger partial charge on any atom is -0.426 e. The average molecular weight is 438 g/mol. The molecule has 0 saturated carbocycles. The van der Waals surface area contributed by atoms with Gasteiger partial charge < -0.3 is 18.9 Å². The van der Waals surface area contributed by atoms with E-state index < -0.39 is 23.5 Å². The molecule has 0 unspecified atom stereocenters. The lowest BCUT2D eigenvalue weighted by atomic mass is 9.95. The number of esters is 2. The lowest BCUT2D eigenvalue weighted by Crippen LogP contribution is -2.40. The Balaban J connectivity index is 2.26. The molecule has 32 heavy (non-hydrogen) atoms. The minimum absolute atomic E-state index is 0.109. The zero-order valence-electron chi connectivity index (χ0n) is 18.6. The van der Waals surface area contributed by atoms with Crippen molar-refractivity contribution in [2.75, 3.05) is 14.2 Å². The van der Waals surface area contributed by atoms with E-state index in [1.54, 1.807) is 38.1 Å². The maximum atomic E-state index is 13.3. The Morgan fingerprint density at radius 3 is 1.78 bits per heavy atom. The van der Waals surface area contributed by atoms with Gasteiger partial charge in [-0.2, -0.15) is 0 Å². The summed E-state index contributed by atoms with van der Waals surface area (Å²) in [5.74, 6) is -2.59. The van der Waals surface area contributed by atoms with Crippen molar-refractivity contribution in [2.24, 2.45) is 0 Å². The Hall–Kier alpha value is -3.55. The van der Waals surface area contributed by atoms with E-state index in [9.17, 15) is 14.4 Å². The van der Waals surface area contributed by atoms with Gasteiger partial charge in [-0.05, 0) is 62.4 Å². The molecule has 7 nitrogen and oxygen atoms in total. The van der Waals surface area contributed by atoms with Crippen LogP contribution in [0.15, 0.2) is 72.8 Å². The number of ether oxygens (including phenoxy) is 4. The van der Waals surface area contributed by atoms with Gasteiger partial charge in [0.1, 0.15) is 11.5 Å². The molecule has 2 rings (SSSR count). The molecule has 0 radical (unpaired) electrons. The van der Waals surface area contributed by atoms with Gasteiger partial charge in [0.15, 0.2) is 0 Å². The SMILES string of the molecule is C=C(C)CC(=O)Oc1ccc(C(OC)(OC)C(=O)c2ccc(OC(=O)C(=C)C)cc2)cc1. The highest BCUT2D eigenvalue weighted by Crippen LogP contribution is 2.32. The Morgan fingerprint density at radius 2 is 1.31 bits per heavy atom. The molecule has 0 aliphatic heterocycles. The van der Waals surface area contributed by atoms with Crippen molar-refractivity contribution in [3.8, 4) is 11.5 Å². The highest BCUT2D eigenvalue weighted by Gasteiger charge is 2.41. The Labute approximate surface area is 187 Å². The molecule has 0 N–H and O–H groups in total. The number of carbonyl (C=O) groups is 3. The smallest absolute Gasteiger partial charge is 0.338 e. The lowest BCUT2D eigenvalue weighted by Gasteiger charge is -2.29. The second kappa shape index (κ2) is 10.7. The van der Waals surface area contributed by atoms with Gasteiger partial charge in [-0.1, -0.05) is 18.7 Å². The van der Waals surface area contributed by atoms with E-state index in [1.165, 1.54) is 38.5 Å². The molecule has 0 aliphatic carbocycles. The highest BCUT2D eigenvalue weighted by molar-refractivity contribution is 6.02. The Kier molecular flexibility index (Phi) is 8.23. The molecule has 168 valence electrons. The number of ketones is 1. The third kappa shape index (κ3) is 5.78. The fourth-order valence-electron chi connectivity index (χ4n) is 2.85. The number of hydrogen-bond donors (Lipinski definition) is 0. The van der Waals surface area contributed by atoms with Crippen LogP contribution >= 0.6 is 0 Å². The minimum atomic E-state index is -1.73. The predicted molar refractivity (Wildman–Crippen MR) is 118 cm³/mol. The van der Waals surface area contributed by atoms with E-state index in [2.05, 4.69) is 13.2 Å². The summed E-state index contributed by atoms with van der Waals surface area (Å²) in [4.78, 5) is 36.8. The number of carbonyl (C=O) groups excluding carboxylic acids is 3. The van der Waals surface area contributed by atoms with Crippen LogP contribution in [0.1, 0.15) is 36.2 Å². The monoisotopic (exact) mass is 438 g/mol. The predicted octanol–water partition coefficient (Wildman–Crippen LogP) is 4.37. The molecular weight excluding hydrogens is 412 g/mol. The Morgan fingerprint density at radius 1 is 0.812 bits per heavy atom. The van der Waals surface area contributed by atoms with Gasteiger partial charge in [-0.25, -0.2) is 4.79 Å². The summed E-state index contributed by atoms with van der Waals surface area (Å²) in [6.07, 6.45) is 0.109. The summed E-state index contributed by atoms with van der Waals surface area (Å²) in [5, 5.41) is 0. The van der Waals surface area contributed by atoms with Gasteiger partial charge in [-0.3, -0.25) is 9.59 Å². The van der Waals surface area contributed by atoms with Gasteiger partial charge in [0.05, 0.1) is 6.42 Å². The van der Waals surface area contributed by atoms with E-state index in [0.717, 1.165) is 0 Å². The first kappa shape index (κ1) is 24.7. The largest absolute Gasteiger partial charge is 0.426 e. The maximum Gasteiger partial charge on any atom is 0.338 e. The molecule has 0 atom stereocenters. The number of rotatable bonds is 10. The first-order valence-electron chi connectivity index (χ1n) is 9.71. The van der Waals surface area contributed by atoms with Crippen molar-refractivity contribution >= 4 is 17.7 Å². The summed E-state index contributed by atoms with van der Waals surface area (Å²) >= 11 is 0. The maximum absolute atomic E-state index is 13.3. The average Bonchev–Trinajstić information content (AvgIpc) is 2.75. The van der Waals surface area contributed by atoms with E-state index in [1.807, 2.05) is 0 Å². The summed E-state index contributed by atoms with van der Waals surface area (Å²) in [5.41, 5.74) is 1.64. The molecule has 0 bridgehead atoms. The Bertz CT molecular complexity index is 1010. The zero-order valence-corrected chi connectivity index (χ0v) is 18.6. The summed E-state index contributed by atoms with van der Waals surface area (Å²) < 4.78 is 21.4. The molecule has 0 heterocycles. The molecule has 0 fully saturated rings. The van der Waals surface area contributed by atoms with E-state index in [-0.39, 0.29) is 23.3 Å². The second-order valence-corrected chi connectivity index (χ2v) is 7.18. The number of benzene rings is 2. The first-order chi connectivity index (χ1) is 15.1. The van der Waals surface area contributed by atoms with Crippen LogP contribution < -0.4 is 9.47 Å². The van der Waals surface area contributed by atoms with Crippen molar-refractivity contribution in [3.63, 3.8) is 0 Å². The standard InChI is InChI=1S/C25H26O7/c1-16(2)15-22(26)31-20-13-9-19(10-14-20)25(29-5,30-6)23(27)18-7-11-21(12-8-18)32-24(28)17(3)4/h7-14H,1,3,15H2,2,4-6H3. The quantitative estimate of drug-likeness (QED) is 0.136. The molecule has 0 aliphatic rings. The van der Waals surface area contributed by atoms with Crippen LogP contribution in [0.5, 0.6) is 11.5 Å². The zero-order chi connectivity index (χ0) is 23.9. The van der Waals surface area contributed by atoms with Crippen molar-refractivity contribution in [1.82, 2.24) is 0 Å². The van der Waals surface area contributed by atoms with Crippen LogP contribution in [0.2, 0.25) is 0 Å². The van der Waals surface area contributed by atoms with Gasteiger partial charge in [0, 0.05) is 30.9 Å². The van der Waals surface area contributed by atoms with Crippen LogP contribution in [0, 0.1) is 0 Å². The fraction of sp³-hybridized carbons (Fsp3) is 0.240. The third-order valence-corrected chi connectivity index (χ3v) is 4.46. The number of Topliss-reactive ketones (excluding diaryl/α,β-unsaturated/α-hetero) is 1. The van der Waals surface area contributed by atoms with Crippen molar-refractivity contribution < 1.29 is 33.3 Å². The van der Waals surface area contributed by atoms with Crippen LogP contribution in [0.4, 0.5) is 0 Å². The summed E-state index contributed by atoms with van der Waals surface area (Å²) in [6.45, 7) is 10.5. The third-order valence-electron chi connectivity index (χ3n) is 4.46. The summed E-state index contributed by atoms with van der Waals surface area (Å²) in [7, 11) is 2.70. The van der Waals surface area contributed by atoms with Crippen LogP contribution in [-0.2, 0) is 24.8 Å². The van der Waals surface area contributed by atoms with Gasteiger partial charge in [0.25, 0.3) is 5.79 Å². The van der Waals surface area contributed by atoms with Crippen LogP contribution in [0.25, 0.3) is 0 Å². The molecule has 2 aromatic carbocycles. The van der Waals surface area contributed by atoms with Gasteiger partial charge >= 0.3 is 11.9 Å². The van der Waals surface area contributed by atoms with E-state index >= 15 is 0 Å². The number of methoxy groups -OCH3 is 2. The van der Waals surface area contributed by atoms with E-state index in [4.69, 9.17) is 18.9 Å². The summed E-state index contributed by atoms with van der Waals surface area (Å²) in [6, 6.07) is 12.3. The first-order valence-corrected chi connectivity index (χ1v) is 9.71. The number of hydrogen-bond acceptors (Lipinski definition) is 7. The molecule has 0 saturated heterocycles. The normalized spacial score (nSPS) is 10.9. The van der Waals surface area contributed by atoms with Crippen molar-refractivity contribution in [1.29, 1.82) is 0 Å². The molecular formula is C25H26O7. The van der Waals surface area contributed by atoms with Crippen molar-refractivity contribution in [3.05, 3.63) is 84.0 Å². The topological polar surface area (TPSA) is 88.1 Å². The molecule has 0 spiro atoms. The van der Waals surface area contributed by atoms with Gasteiger partial charge in [0.2, 0.25) is 5.78 Å². The van der Waals surface area contributed by atoms with Crippen molar-refractivity contribution in [2.45, 2.75) is 26.1 Å². The molecule has 0 aromatic heterocycles. The molecule has 7 heteroatoms.